The molecule has 1 fully saturated rings. The monoisotopic (exact) mass is 192 g/mol. The molecule has 0 saturated carbocycles. The van der Waals surface area contributed by atoms with Crippen molar-refractivity contribution in [3.8, 4) is 0 Å². The molecule has 0 radical (unpaired) electrons. The number of thioether (sulfide) groups is 1. The van der Waals surface area contributed by atoms with Crippen LogP contribution in [0.5, 0.6) is 0 Å². The first-order chi connectivity index (χ1) is 4.99. The van der Waals surface area contributed by atoms with Gasteiger partial charge in [-0.1, -0.05) is 0 Å². The Kier molecular flexibility index (Phi) is 2.32. The van der Waals surface area contributed by atoms with Crippen LogP contribution in [0.2, 0.25) is 0 Å². The van der Waals surface area contributed by atoms with Gasteiger partial charge in [-0.05, 0) is 11.8 Å². The molecule has 0 amide bonds. The zero-order chi connectivity index (χ0) is 8.65. The maximum atomic E-state index is 12.4. The standard InChI is InChI=1S/C5H5F5S/c6-1-2-3(7)4(8)11-5(2,9)10/h2-4H,1H2. The van der Waals surface area contributed by atoms with Crippen molar-refractivity contribution in [2.45, 2.75) is 16.9 Å². The summed E-state index contributed by atoms with van der Waals surface area (Å²) in [5, 5.41) is -3.60. The molecule has 0 aliphatic carbocycles. The van der Waals surface area contributed by atoms with Crippen molar-refractivity contribution in [3.05, 3.63) is 0 Å². The van der Waals surface area contributed by atoms with Gasteiger partial charge in [-0.2, -0.15) is 8.78 Å². The van der Waals surface area contributed by atoms with E-state index >= 15 is 0 Å². The summed E-state index contributed by atoms with van der Waals surface area (Å²) >= 11 is -0.452. The Morgan fingerprint density at radius 3 is 2.00 bits per heavy atom. The molecule has 0 aromatic rings. The molecule has 66 valence electrons. The van der Waals surface area contributed by atoms with Gasteiger partial charge in [0.25, 0.3) is 0 Å². The van der Waals surface area contributed by atoms with E-state index in [0.29, 0.717) is 0 Å². The Labute approximate surface area is 64.1 Å². The molecule has 3 unspecified atom stereocenters. The zero-order valence-corrected chi connectivity index (χ0v) is 6.05. The number of alkyl halides is 5. The summed E-state index contributed by atoms with van der Waals surface area (Å²) in [5.74, 6) is -2.12. The first kappa shape index (κ1) is 9.09. The Balaban J connectivity index is 2.73. The van der Waals surface area contributed by atoms with Gasteiger partial charge in [0, 0.05) is 0 Å². The van der Waals surface area contributed by atoms with Crippen molar-refractivity contribution < 1.29 is 22.0 Å². The summed E-state index contributed by atoms with van der Waals surface area (Å²) in [7, 11) is 0. The number of halogens is 5. The summed E-state index contributed by atoms with van der Waals surface area (Å²) in [5.41, 5.74) is -2.30. The molecule has 0 bridgehead atoms. The minimum absolute atomic E-state index is 0.452. The van der Waals surface area contributed by atoms with E-state index in [1.807, 2.05) is 0 Å². The fourth-order valence-electron chi connectivity index (χ4n) is 0.845. The SMILES string of the molecule is FCC1C(F)C(F)SC1(F)F. The van der Waals surface area contributed by atoms with E-state index in [4.69, 9.17) is 0 Å². The van der Waals surface area contributed by atoms with Crippen LogP contribution in [0.25, 0.3) is 0 Å². The average molecular weight is 192 g/mol. The third kappa shape index (κ3) is 1.45. The van der Waals surface area contributed by atoms with Crippen LogP contribution >= 0.6 is 11.8 Å². The maximum Gasteiger partial charge on any atom is 0.304 e. The van der Waals surface area contributed by atoms with E-state index in [0.717, 1.165) is 0 Å². The Bertz CT molecular complexity index is 150. The lowest BCUT2D eigenvalue weighted by Crippen LogP contribution is -2.28. The highest BCUT2D eigenvalue weighted by Crippen LogP contribution is 2.51. The molecule has 0 spiro atoms. The van der Waals surface area contributed by atoms with Gasteiger partial charge >= 0.3 is 5.25 Å². The molecule has 1 aliphatic rings. The molecule has 1 heterocycles. The molecule has 1 rings (SSSR count). The second-order valence-corrected chi connectivity index (χ2v) is 3.47. The van der Waals surface area contributed by atoms with Crippen LogP contribution in [-0.2, 0) is 0 Å². The fraction of sp³-hybridized carbons (Fsp3) is 1.00. The van der Waals surface area contributed by atoms with Gasteiger partial charge < -0.3 is 0 Å². The van der Waals surface area contributed by atoms with Crippen LogP contribution in [0.4, 0.5) is 22.0 Å². The molecule has 0 N–H and O–H groups in total. The number of rotatable bonds is 1. The highest BCUT2D eigenvalue weighted by molar-refractivity contribution is 8.01. The third-order valence-electron chi connectivity index (χ3n) is 1.50. The van der Waals surface area contributed by atoms with Crippen molar-refractivity contribution in [1.82, 2.24) is 0 Å². The van der Waals surface area contributed by atoms with Crippen LogP contribution in [0.15, 0.2) is 0 Å². The normalized spacial score (nSPS) is 42.8. The lowest BCUT2D eigenvalue weighted by Gasteiger charge is -2.13. The lowest BCUT2D eigenvalue weighted by molar-refractivity contribution is -0.00503. The van der Waals surface area contributed by atoms with E-state index in [9.17, 15) is 22.0 Å². The molecule has 1 saturated heterocycles. The summed E-state index contributed by atoms with van der Waals surface area (Å²) < 4.78 is 61.0. The highest BCUT2D eigenvalue weighted by atomic mass is 32.2. The van der Waals surface area contributed by atoms with Crippen molar-refractivity contribution in [3.63, 3.8) is 0 Å². The average Bonchev–Trinajstić information content (AvgIpc) is 2.03. The smallest absolute Gasteiger partial charge is 0.250 e. The molecule has 3 atom stereocenters. The molecule has 0 aromatic carbocycles. The van der Waals surface area contributed by atoms with Gasteiger partial charge in [0.15, 0.2) is 11.7 Å². The van der Waals surface area contributed by atoms with Crippen LogP contribution in [-0.4, -0.2) is 23.6 Å². The summed E-state index contributed by atoms with van der Waals surface area (Å²) in [6.45, 7) is -1.53. The lowest BCUT2D eigenvalue weighted by atomic mass is 10.1. The highest BCUT2D eigenvalue weighted by Gasteiger charge is 2.57. The maximum absolute atomic E-state index is 12.4. The Morgan fingerprint density at radius 2 is 1.82 bits per heavy atom. The van der Waals surface area contributed by atoms with Gasteiger partial charge in [-0.15, -0.1) is 0 Å². The Morgan fingerprint density at radius 1 is 1.27 bits per heavy atom. The summed E-state index contributed by atoms with van der Waals surface area (Å²) in [6.07, 6.45) is -2.39. The molecule has 11 heavy (non-hydrogen) atoms. The first-order valence-electron chi connectivity index (χ1n) is 2.89. The topological polar surface area (TPSA) is 0 Å². The Hall–Kier alpha value is -0.0000000000000000555. The van der Waals surface area contributed by atoms with Crippen LogP contribution in [0.3, 0.4) is 0 Å². The van der Waals surface area contributed by atoms with Gasteiger partial charge in [-0.25, -0.2) is 8.78 Å². The van der Waals surface area contributed by atoms with E-state index < -0.39 is 41.3 Å². The van der Waals surface area contributed by atoms with E-state index in [1.54, 1.807) is 0 Å². The summed E-state index contributed by atoms with van der Waals surface area (Å²) in [4.78, 5) is 0. The van der Waals surface area contributed by atoms with Gasteiger partial charge in [0.2, 0.25) is 0 Å². The second kappa shape index (κ2) is 2.80. The molecule has 6 heteroatoms. The largest absolute Gasteiger partial charge is 0.304 e. The van der Waals surface area contributed by atoms with Crippen molar-refractivity contribution in [1.29, 1.82) is 0 Å². The minimum Gasteiger partial charge on any atom is -0.250 e. The van der Waals surface area contributed by atoms with Crippen molar-refractivity contribution >= 4 is 11.8 Å². The van der Waals surface area contributed by atoms with Crippen LogP contribution in [0, 0.1) is 5.92 Å². The predicted octanol–water partition coefficient (Wildman–Crippen LogP) is 2.55. The third-order valence-corrected chi connectivity index (χ3v) is 2.60. The van der Waals surface area contributed by atoms with Gasteiger partial charge in [0.05, 0.1) is 5.92 Å². The molecular weight excluding hydrogens is 187 g/mol. The second-order valence-electron chi connectivity index (χ2n) is 2.24. The molecule has 0 nitrogen and oxygen atoms in total. The molecular formula is C5H5F5S. The molecule has 1 aliphatic heterocycles. The van der Waals surface area contributed by atoms with Gasteiger partial charge in [0.1, 0.15) is 6.67 Å². The predicted molar refractivity (Wildman–Crippen MR) is 31.8 cm³/mol. The van der Waals surface area contributed by atoms with Crippen LogP contribution < -0.4 is 0 Å². The van der Waals surface area contributed by atoms with Crippen molar-refractivity contribution in [2.24, 2.45) is 5.92 Å². The number of hydrogen-bond acceptors (Lipinski definition) is 1. The van der Waals surface area contributed by atoms with Crippen LogP contribution in [0.1, 0.15) is 0 Å². The molecule has 0 aromatic heterocycles. The van der Waals surface area contributed by atoms with E-state index in [2.05, 4.69) is 0 Å². The number of hydrogen-bond donors (Lipinski definition) is 0. The van der Waals surface area contributed by atoms with Gasteiger partial charge in [-0.3, -0.25) is 4.39 Å². The van der Waals surface area contributed by atoms with E-state index in [1.165, 1.54) is 0 Å². The minimum atomic E-state index is -3.60. The fourth-order valence-corrected chi connectivity index (χ4v) is 1.83. The first-order valence-corrected chi connectivity index (χ1v) is 3.76. The van der Waals surface area contributed by atoms with Crippen molar-refractivity contribution in [2.75, 3.05) is 6.67 Å². The quantitative estimate of drug-likeness (QED) is 0.575. The summed E-state index contributed by atoms with van der Waals surface area (Å²) in [6, 6.07) is 0. The zero-order valence-electron chi connectivity index (χ0n) is 5.24. The van der Waals surface area contributed by atoms with E-state index in [-0.39, 0.29) is 0 Å².